The highest BCUT2D eigenvalue weighted by atomic mass is 32.2. The number of carbonyl (C=O) groups excluding carboxylic acids is 1. The number of nitrogens with one attached hydrogen (secondary N) is 1. The van der Waals surface area contributed by atoms with E-state index in [-0.39, 0.29) is 5.91 Å². The summed E-state index contributed by atoms with van der Waals surface area (Å²) in [6.07, 6.45) is 7.37. The van der Waals surface area contributed by atoms with Crippen molar-refractivity contribution in [2.45, 2.75) is 57.2 Å². The quantitative estimate of drug-likeness (QED) is 0.748. The minimum atomic E-state index is 0.192. The Labute approximate surface area is 116 Å². The fourth-order valence-electron chi connectivity index (χ4n) is 2.83. The van der Waals surface area contributed by atoms with E-state index in [0.29, 0.717) is 36.1 Å². The molecule has 1 fully saturated rings. The van der Waals surface area contributed by atoms with Gasteiger partial charge in [0.2, 0.25) is 5.91 Å². The van der Waals surface area contributed by atoms with Crippen molar-refractivity contribution >= 4 is 17.7 Å². The molecular formula is C14H28N2OS. The number of rotatable bonds is 7. The van der Waals surface area contributed by atoms with E-state index in [2.05, 4.69) is 25.4 Å². The fraction of sp³-hybridized carbons (Fsp3) is 0.929. The van der Waals surface area contributed by atoms with Gasteiger partial charge in [0.1, 0.15) is 0 Å². The first-order valence-electron chi connectivity index (χ1n) is 7.09. The van der Waals surface area contributed by atoms with Gasteiger partial charge in [-0.1, -0.05) is 20.3 Å². The molecule has 1 aliphatic carbocycles. The van der Waals surface area contributed by atoms with E-state index in [0.717, 1.165) is 12.8 Å². The van der Waals surface area contributed by atoms with Crippen molar-refractivity contribution in [3.05, 3.63) is 0 Å². The Hall–Kier alpha value is -0.220. The van der Waals surface area contributed by atoms with Crippen LogP contribution in [0.2, 0.25) is 0 Å². The molecular weight excluding hydrogens is 244 g/mol. The first kappa shape index (κ1) is 15.8. The lowest BCUT2D eigenvalue weighted by atomic mass is 9.94. The minimum absolute atomic E-state index is 0.192. The SMILES string of the molecule is CSC1CCCC1NC(=O)CC(CN)CC(C)C. The summed E-state index contributed by atoms with van der Waals surface area (Å²) < 4.78 is 0. The van der Waals surface area contributed by atoms with Crippen LogP contribution in [0.3, 0.4) is 0 Å². The normalized spacial score (nSPS) is 25.4. The van der Waals surface area contributed by atoms with Gasteiger partial charge in [-0.15, -0.1) is 0 Å². The number of amides is 1. The number of hydrogen-bond acceptors (Lipinski definition) is 3. The second-order valence-corrected chi connectivity index (χ2v) is 6.89. The third-order valence-corrected chi connectivity index (χ3v) is 4.88. The smallest absolute Gasteiger partial charge is 0.220 e. The molecule has 1 rings (SSSR count). The van der Waals surface area contributed by atoms with Gasteiger partial charge in [0.25, 0.3) is 0 Å². The summed E-state index contributed by atoms with van der Waals surface area (Å²) in [5.74, 6) is 1.13. The highest BCUT2D eigenvalue weighted by Gasteiger charge is 2.28. The molecule has 0 aromatic heterocycles. The second-order valence-electron chi connectivity index (χ2n) is 5.81. The van der Waals surface area contributed by atoms with Crippen LogP contribution in [-0.2, 0) is 4.79 Å². The Kier molecular flexibility index (Phi) is 7.08. The molecule has 3 nitrogen and oxygen atoms in total. The van der Waals surface area contributed by atoms with Gasteiger partial charge in [-0.3, -0.25) is 4.79 Å². The largest absolute Gasteiger partial charge is 0.352 e. The summed E-state index contributed by atoms with van der Waals surface area (Å²) in [6.45, 7) is 4.98. The molecule has 1 aliphatic rings. The van der Waals surface area contributed by atoms with Crippen molar-refractivity contribution in [3.8, 4) is 0 Å². The highest BCUT2D eigenvalue weighted by molar-refractivity contribution is 7.99. The molecule has 1 amide bonds. The lowest BCUT2D eigenvalue weighted by Gasteiger charge is -2.21. The van der Waals surface area contributed by atoms with Crippen LogP contribution in [0.1, 0.15) is 46.0 Å². The van der Waals surface area contributed by atoms with Crippen LogP contribution in [0.4, 0.5) is 0 Å². The standard InChI is InChI=1S/C14H28N2OS/c1-10(2)7-11(9-15)8-14(17)16-12-5-4-6-13(12)18-3/h10-13H,4-9,15H2,1-3H3,(H,16,17). The van der Waals surface area contributed by atoms with Gasteiger partial charge in [-0.2, -0.15) is 11.8 Å². The summed E-state index contributed by atoms with van der Waals surface area (Å²) in [5, 5.41) is 3.81. The molecule has 0 radical (unpaired) electrons. The first-order chi connectivity index (χ1) is 8.56. The van der Waals surface area contributed by atoms with Crippen LogP contribution in [0.5, 0.6) is 0 Å². The van der Waals surface area contributed by atoms with Gasteiger partial charge < -0.3 is 11.1 Å². The first-order valence-corrected chi connectivity index (χ1v) is 8.37. The van der Waals surface area contributed by atoms with Crippen molar-refractivity contribution in [2.75, 3.05) is 12.8 Å². The Morgan fingerprint density at radius 1 is 1.44 bits per heavy atom. The van der Waals surface area contributed by atoms with Crippen molar-refractivity contribution in [2.24, 2.45) is 17.6 Å². The maximum Gasteiger partial charge on any atom is 0.220 e. The van der Waals surface area contributed by atoms with E-state index >= 15 is 0 Å². The Balaban J connectivity index is 2.35. The zero-order valence-electron chi connectivity index (χ0n) is 11.9. The third kappa shape index (κ3) is 5.19. The summed E-state index contributed by atoms with van der Waals surface area (Å²) in [7, 11) is 0. The molecule has 0 bridgehead atoms. The van der Waals surface area contributed by atoms with E-state index in [1.165, 1.54) is 12.8 Å². The molecule has 106 valence electrons. The number of hydrogen-bond donors (Lipinski definition) is 2. The number of thioether (sulfide) groups is 1. The molecule has 3 N–H and O–H groups in total. The average molecular weight is 272 g/mol. The van der Waals surface area contributed by atoms with E-state index in [1.807, 2.05) is 11.8 Å². The molecule has 1 saturated carbocycles. The number of nitrogens with two attached hydrogens (primary N) is 1. The average Bonchev–Trinajstić information content (AvgIpc) is 2.74. The predicted octanol–water partition coefficient (Wildman–Crippen LogP) is 2.40. The van der Waals surface area contributed by atoms with Crippen LogP contribution >= 0.6 is 11.8 Å². The minimum Gasteiger partial charge on any atom is -0.352 e. The molecule has 0 aromatic carbocycles. The van der Waals surface area contributed by atoms with Gasteiger partial charge in [-0.05, 0) is 43.9 Å². The highest BCUT2D eigenvalue weighted by Crippen LogP contribution is 2.28. The molecule has 0 heterocycles. The lowest BCUT2D eigenvalue weighted by Crippen LogP contribution is -2.40. The van der Waals surface area contributed by atoms with Gasteiger partial charge in [0, 0.05) is 17.7 Å². The molecule has 3 unspecified atom stereocenters. The monoisotopic (exact) mass is 272 g/mol. The topological polar surface area (TPSA) is 55.1 Å². The zero-order chi connectivity index (χ0) is 13.5. The van der Waals surface area contributed by atoms with Crippen molar-refractivity contribution in [1.29, 1.82) is 0 Å². The van der Waals surface area contributed by atoms with E-state index < -0.39 is 0 Å². The van der Waals surface area contributed by atoms with Crippen LogP contribution in [0.25, 0.3) is 0 Å². The van der Waals surface area contributed by atoms with E-state index in [4.69, 9.17) is 5.73 Å². The van der Waals surface area contributed by atoms with Crippen LogP contribution in [0.15, 0.2) is 0 Å². The summed E-state index contributed by atoms with van der Waals surface area (Å²) in [4.78, 5) is 12.0. The Bertz CT molecular complexity index is 258. The summed E-state index contributed by atoms with van der Waals surface area (Å²) in [6, 6.07) is 0.380. The van der Waals surface area contributed by atoms with Gasteiger partial charge in [0.15, 0.2) is 0 Å². The molecule has 3 atom stereocenters. The van der Waals surface area contributed by atoms with Crippen LogP contribution in [0, 0.1) is 11.8 Å². The maximum atomic E-state index is 12.0. The van der Waals surface area contributed by atoms with E-state index in [1.54, 1.807) is 0 Å². The molecule has 18 heavy (non-hydrogen) atoms. The molecule has 0 aliphatic heterocycles. The molecule has 0 saturated heterocycles. The summed E-state index contributed by atoms with van der Waals surface area (Å²) >= 11 is 1.88. The maximum absolute atomic E-state index is 12.0. The lowest BCUT2D eigenvalue weighted by molar-refractivity contribution is -0.122. The van der Waals surface area contributed by atoms with Gasteiger partial charge >= 0.3 is 0 Å². The van der Waals surface area contributed by atoms with Crippen LogP contribution in [-0.4, -0.2) is 30.0 Å². The Morgan fingerprint density at radius 2 is 2.17 bits per heavy atom. The second kappa shape index (κ2) is 8.05. The van der Waals surface area contributed by atoms with Crippen LogP contribution < -0.4 is 11.1 Å². The Morgan fingerprint density at radius 3 is 2.72 bits per heavy atom. The molecule has 4 heteroatoms. The number of carbonyl (C=O) groups is 1. The molecule has 0 aromatic rings. The zero-order valence-corrected chi connectivity index (χ0v) is 12.8. The third-order valence-electron chi connectivity index (χ3n) is 3.71. The van der Waals surface area contributed by atoms with Crippen molar-refractivity contribution in [1.82, 2.24) is 5.32 Å². The van der Waals surface area contributed by atoms with Crippen molar-refractivity contribution in [3.63, 3.8) is 0 Å². The fourth-order valence-corrected chi connectivity index (χ4v) is 3.77. The van der Waals surface area contributed by atoms with E-state index in [9.17, 15) is 4.79 Å². The molecule has 0 spiro atoms. The van der Waals surface area contributed by atoms with Gasteiger partial charge in [0.05, 0.1) is 0 Å². The predicted molar refractivity (Wildman–Crippen MR) is 79.7 cm³/mol. The summed E-state index contributed by atoms with van der Waals surface area (Å²) in [5.41, 5.74) is 5.75. The van der Waals surface area contributed by atoms with Gasteiger partial charge in [-0.25, -0.2) is 0 Å². The van der Waals surface area contributed by atoms with Crippen molar-refractivity contribution < 1.29 is 4.79 Å².